The molecule has 1 fully saturated rings. The molecule has 1 atom stereocenters. The molecule has 108 valence electrons. The molecule has 1 saturated carbocycles. The first-order valence-corrected chi connectivity index (χ1v) is 5.74. The summed E-state index contributed by atoms with van der Waals surface area (Å²) in [5, 5.41) is 4.94. The van der Waals surface area contributed by atoms with E-state index in [0.717, 1.165) is 19.8 Å². The van der Waals surface area contributed by atoms with Crippen molar-refractivity contribution < 1.29 is 13.2 Å². The number of aromatic nitrogens is 3. The molecule has 0 saturated heterocycles. The van der Waals surface area contributed by atoms with Crippen LogP contribution in [0, 0.1) is 0 Å². The topological polar surface area (TPSA) is 62.7 Å². The summed E-state index contributed by atoms with van der Waals surface area (Å²) in [6.07, 6.45) is -2.39. The minimum absolute atomic E-state index is 0. The first kappa shape index (κ1) is 16.1. The molecule has 0 bridgehead atoms. The van der Waals surface area contributed by atoms with E-state index in [0.29, 0.717) is 0 Å². The van der Waals surface area contributed by atoms with Gasteiger partial charge in [-0.25, -0.2) is 0 Å². The first-order chi connectivity index (χ1) is 8.34. The molecule has 10 heteroatoms. The van der Waals surface area contributed by atoms with Crippen molar-refractivity contribution >= 4 is 37.0 Å². The minimum Gasteiger partial charge on any atom is -0.351 e. The number of nitrogens with one attached hydrogen (secondary N) is 2. The predicted octanol–water partition coefficient (Wildman–Crippen LogP) is 2.57. The van der Waals surface area contributed by atoms with E-state index in [1.807, 2.05) is 0 Å². The van der Waals surface area contributed by atoms with Gasteiger partial charge in [-0.2, -0.15) is 41.6 Å². The highest BCUT2D eigenvalue weighted by Crippen LogP contribution is 2.25. The van der Waals surface area contributed by atoms with Gasteiger partial charge in [0.15, 0.2) is 0 Å². The summed E-state index contributed by atoms with van der Waals surface area (Å²) in [5.74, 6) is -0.00245. The second-order valence-corrected chi connectivity index (χ2v) is 4.42. The van der Waals surface area contributed by atoms with Crippen LogP contribution in [0.4, 0.5) is 25.1 Å². The van der Waals surface area contributed by atoms with Gasteiger partial charge in [-0.05, 0) is 31.4 Å². The Morgan fingerprint density at radius 1 is 1.21 bits per heavy atom. The van der Waals surface area contributed by atoms with Gasteiger partial charge in [0.2, 0.25) is 17.2 Å². The summed E-state index contributed by atoms with van der Waals surface area (Å²) in [5.41, 5.74) is 0. The zero-order chi connectivity index (χ0) is 13.3. The van der Waals surface area contributed by atoms with Crippen molar-refractivity contribution in [1.82, 2.24) is 15.0 Å². The minimum atomic E-state index is -4.37. The maximum absolute atomic E-state index is 12.4. The van der Waals surface area contributed by atoms with E-state index in [-0.39, 0.29) is 36.7 Å². The van der Waals surface area contributed by atoms with Gasteiger partial charge < -0.3 is 10.6 Å². The fourth-order valence-electron chi connectivity index (χ4n) is 1.16. The largest absolute Gasteiger partial charge is 0.408 e. The van der Waals surface area contributed by atoms with Crippen molar-refractivity contribution in [3.05, 3.63) is 5.28 Å². The lowest BCUT2D eigenvalue weighted by atomic mass is 10.3. The Kier molecular flexibility index (Phi) is 5.08. The smallest absolute Gasteiger partial charge is 0.351 e. The number of hydrogen-bond donors (Lipinski definition) is 2. The summed E-state index contributed by atoms with van der Waals surface area (Å²) >= 11 is 5.63. The second-order valence-electron chi connectivity index (χ2n) is 4.08. The van der Waals surface area contributed by atoms with Crippen LogP contribution in [-0.4, -0.2) is 33.2 Å². The van der Waals surface area contributed by atoms with Crippen LogP contribution in [-0.2, 0) is 0 Å². The van der Waals surface area contributed by atoms with E-state index < -0.39 is 12.2 Å². The average molecular weight is 316 g/mol. The number of hydrogen-bond acceptors (Lipinski definition) is 5. The third-order valence-electron chi connectivity index (χ3n) is 2.36. The molecule has 2 N–H and O–H groups in total. The Morgan fingerprint density at radius 2 is 1.79 bits per heavy atom. The highest BCUT2D eigenvalue weighted by Gasteiger charge is 2.36. The number of anilines is 2. The lowest BCUT2D eigenvalue weighted by molar-refractivity contribution is -0.138. The summed E-state index contributed by atoms with van der Waals surface area (Å²) in [4.78, 5) is 11.2. The van der Waals surface area contributed by atoms with E-state index in [1.54, 1.807) is 0 Å². The maximum atomic E-state index is 12.4. The Labute approximate surface area is 119 Å². The van der Waals surface area contributed by atoms with E-state index in [1.165, 1.54) is 0 Å². The van der Waals surface area contributed by atoms with Crippen LogP contribution in [0.15, 0.2) is 0 Å². The molecule has 2 rings (SSSR count). The third kappa shape index (κ3) is 4.90. The zero-order valence-corrected chi connectivity index (χ0v) is 11.7. The Hall–Kier alpha value is -0.960. The molecule has 19 heavy (non-hydrogen) atoms. The van der Waals surface area contributed by atoms with Gasteiger partial charge in [0.1, 0.15) is 6.04 Å². The molecule has 1 aliphatic rings. The van der Waals surface area contributed by atoms with Gasteiger partial charge in [-0.3, -0.25) is 0 Å². The van der Waals surface area contributed by atoms with E-state index >= 15 is 0 Å². The fraction of sp³-hybridized carbons (Fsp3) is 0.667. The first-order valence-electron chi connectivity index (χ1n) is 5.36. The van der Waals surface area contributed by atoms with E-state index in [4.69, 9.17) is 11.6 Å². The molecule has 1 aromatic heterocycles. The second kappa shape index (κ2) is 6.00. The number of nitrogens with zero attached hydrogens (tertiary/aromatic N) is 3. The normalized spacial score (nSPS) is 16.5. The fourth-order valence-corrected chi connectivity index (χ4v) is 1.33. The molecular formula is C9H13ClF3N5S. The van der Waals surface area contributed by atoms with Crippen LogP contribution in [0.5, 0.6) is 0 Å². The van der Waals surface area contributed by atoms with Crippen molar-refractivity contribution in [3.8, 4) is 0 Å². The van der Waals surface area contributed by atoms with Gasteiger partial charge in [0, 0.05) is 6.04 Å². The molecule has 0 aromatic carbocycles. The molecule has 0 spiro atoms. The monoisotopic (exact) mass is 315 g/mol. The quantitative estimate of drug-likeness (QED) is 0.894. The Bertz CT molecular complexity index is 440. The van der Waals surface area contributed by atoms with Crippen LogP contribution in [0.2, 0.25) is 5.28 Å². The molecule has 0 amide bonds. The lowest BCUT2D eigenvalue weighted by Crippen LogP contribution is -2.33. The number of rotatable bonds is 4. The molecule has 1 aliphatic carbocycles. The van der Waals surface area contributed by atoms with Crippen LogP contribution in [0.1, 0.15) is 19.8 Å². The van der Waals surface area contributed by atoms with Gasteiger partial charge in [0.05, 0.1) is 0 Å². The van der Waals surface area contributed by atoms with Gasteiger partial charge in [-0.1, -0.05) is 0 Å². The highest BCUT2D eigenvalue weighted by molar-refractivity contribution is 7.59. The van der Waals surface area contributed by atoms with Gasteiger partial charge in [-0.15, -0.1) is 0 Å². The summed E-state index contributed by atoms with van der Waals surface area (Å²) in [6.45, 7) is 0.978. The predicted molar refractivity (Wildman–Crippen MR) is 71.0 cm³/mol. The maximum Gasteiger partial charge on any atom is 0.408 e. The van der Waals surface area contributed by atoms with Gasteiger partial charge in [0.25, 0.3) is 0 Å². The van der Waals surface area contributed by atoms with Crippen molar-refractivity contribution in [2.24, 2.45) is 0 Å². The summed E-state index contributed by atoms with van der Waals surface area (Å²) < 4.78 is 37.1. The Balaban J connectivity index is 0.00000180. The van der Waals surface area contributed by atoms with Crippen molar-refractivity contribution in [2.45, 2.75) is 38.0 Å². The zero-order valence-electron chi connectivity index (χ0n) is 9.92. The van der Waals surface area contributed by atoms with Crippen LogP contribution < -0.4 is 10.6 Å². The third-order valence-corrected chi connectivity index (χ3v) is 2.52. The Morgan fingerprint density at radius 3 is 2.32 bits per heavy atom. The molecule has 0 radical (unpaired) electrons. The molecule has 0 unspecified atom stereocenters. The summed E-state index contributed by atoms with van der Waals surface area (Å²) in [6, 6.07) is -1.49. The molecule has 0 aliphatic heterocycles. The van der Waals surface area contributed by atoms with Crippen LogP contribution in [0.25, 0.3) is 0 Å². The molecule has 1 heterocycles. The number of alkyl halides is 3. The van der Waals surface area contributed by atoms with E-state index in [9.17, 15) is 13.2 Å². The molecule has 1 aromatic rings. The standard InChI is InChI=1S/C9H11ClF3N5.H2S/c1-4(9(11,12)13)14-7-16-6(10)17-8(18-7)15-5-2-3-5;/h4-5H,2-3H2,1H3,(H2,14,15,16,17,18);1H2/t4-;/m0./s1. The lowest BCUT2D eigenvalue weighted by Gasteiger charge is -2.17. The molecular weight excluding hydrogens is 303 g/mol. The summed E-state index contributed by atoms with van der Waals surface area (Å²) in [7, 11) is 0. The SMILES string of the molecule is C[C@H](Nc1nc(Cl)nc(NC2CC2)n1)C(F)(F)F.S. The number of halogens is 4. The van der Waals surface area contributed by atoms with Crippen molar-refractivity contribution in [3.63, 3.8) is 0 Å². The van der Waals surface area contributed by atoms with Gasteiger partial charge >= 0.3 is 6.18 Å². The average Bonchev–Trinajstić information content (AvgIpc) is 2.98. The van der Waals surface area contributed by atoms with Crippen molar-refractivity contribution in [2.75, 3.05) is 10.6 Å². The highest BCUT2D eigenvalue weighted by atomic mass is 35.5. The van der Waals surface area contributed by atoms with E-state index in [2.05, 4.69) is 25.6 Å². The molecule has 5 nitrogen and oxygen atoms in total. The van der Waals surface area contributed by atoms with Crippen molar-refractivity contribution in [1.29, 1.82) is 0 Å². The van der Waals surface area contributed by atoms with Crippen LogP contribution >= 0.6 is 25.1 Å². The van der Waals surface area contributed by atoms with Crippen LogP contribution in [0.3, 0.4) is 0 Å².